The van der Waals surface area contributed by atoms with Crippen molar-refractivity contribution < 1.29 is 23.7 Å². The van der Waals surface area contributed by atoms with Crippen LogP contribution in [0.5, 0.6) is 23.0 Å². The van der Waals surface area contributed by atoms with Gasteiger partial charge in [-0.1, -0.05) is 36.4 Å². The fraction of sp³-hybridized carbons (Fsp3) is 0.0816. The number of carbonyl (C=O) groups excluding carboxylic acids is 1. The van der Waals surface area contributed by atoms with Crippen molar-refractivity contribution in [3.05, 3.63) is 144 Å². The number of H-pyrrole nitrogens is 2. The molecule has 0 spiro atoms. The molecule has 8 bridgehead atoms. The Hall–Kier alpha value is -7.65. The Bertz CT molecular complexity index is 3100. The van der Waals surface area contributed by atoms with E-state index in [1.165, 1.54) is 0 Å². The summed E-state index contributed by atoms with van der Waals surface area (Å²) >= 11 is 0. The van der Waals surface area contributed by atoms with Crippen LogP contribution in [-0.2, 0) is 0 Å². The smallest absolute Gasteiger partial charge is 0.195 e. The molecule has 9 nitrogen and oxygen atoms in total. The van der Waals surface area contributed by atoms with E-state index >= 15 is 0 Å². The lowest BCUT2D eigenvalue weighted by molar-refractivity contribution is 0.105. The average Bonchev–Trinajstić information content (AvgIpc) is 4.11. The van der Waals surface area contributed by atoms with Gasteiger partial charge in [0.1, 0.15) is 23.0 Å². The van der Waals surface area contributed by atoms with Crippen LogP contribution < -0.4 is 18.9 Å². The van der Waals surface area contributed by atoms with Gasteiger partial charge in [-0.05, 0) is 114 Å². The van der Waals surface area contributed by atoms with E-state index in [9.17, 15) is 4.79 Å². The van der Waals surface area contributed by atoms with Gasteiger partial charge in [0.25, 0.3) is 0 Å². The van der Waals surface area contributed by atoms with E-state index in [0.717, 1.165) is 89.5 Å². The molecule has 4 aromatic carbocycles. The van der Waals surface area contributed by atoms with Gasteiger partial charge in [0.05, 0.1) is 56.8 Å². The minimum Gasteiger partial charge on any atom is -0.497 e. The number of hydrogen-bond acceptors (Lipinski definition) is 7. The summed E-state index contributed by atoms with van der Waals surface area (Å²) in [6, 6.07) is 37.6. The van der Waals surface area contributed by atoms with E-state index in [4.69, 9.17) is 28.9 Å². The normalized spacial score (nSPS) is 12.6. The van der Waals surface area contributed by atoms with E-state index in [-0.39, 0.29) is 5.78 Å². The first-order valence-corrected chi connectivity index (χ1v) is 18.8. The summed E-state index contributed by atoms with van der Waals surface area (Å²) in [4.78, 5) is 32.8. The molecule has 58 heavy (non-hydrogen) atoms. The summed E-state index contributed by atoms with van der Waals surface area (Å²) < 4.78 is 22.8. The Morgan fingerprint density at radius 2 is 0.897 bits per heavy atom. The second-order valence-electron chi connectivity index (χ2n) is 14.1. The average molecular weight is 761 g/mol. The number of Topliss-reactive ketones (excluding diaryl/α,β-unsaturated/α-hetero) is 1. The Balaban J connectivity index is 1.42. The number of fused-ring (bicyclic) bond motifs is 10. The quantitative estimate of drug-likeness (QED) is 0.166. The first kappa shape index (κ1) is 34.8. The third-order valence-electron chi connectivity index (χ3n) is 10.9. The largest absolute Gasteiger partial charge is 0.497 e. The Morgan fingerprint density at radius 1 is 0.448 bits per heavy atom. The first-order valence-electron chi connectivity index (χ1n) is 18.8. The highest BCUT2D eigenvalue weighted by Crippen LogP contribution is 2.46. The second-order valence-corrected chi connectivity index (χ2v) is 14.1. The van der Waals surface area contributed by atoms with E-state index in [2.05, 4.69) is 52.5 Å². The zero-order valence-electron chi connectivity index (χ0n) is 32.1. The van der Waals surface area contributed by atoms with Crippen molar-refractivity contribution in [1.29, 1.82) is 0 Å². The van der Waals surface area contributed by atoms with Crippen LogP contribution >= 0.6 is 0 Å². The molecule has 0 unspecified atom stereocenters. The molecule has 0 atom stereocenters. The third-order valence-corrected chi connectivity index (χ3v) is 10.9. The lowest BCUT2D eigenvalue weighted by Gasteiger charge is -2.18. The summed E-state index contributed by atoms with van der Waals surface area (Å²) in [5.41, 5.74) is 13.9. The fourth-order valence-electron chi connectivity index (χ4n) is 8.18. The Labute approximate surface area is 333 Å². The number of nitrogens with zero attached hydrogens (tertiary/aromatic N) is 2. The number of benzene rings is 4. The number of ketones is 1. The number of rotatable bonds is 7. The SMILES string of the molecule is COc1cccc(-c2c3nc(c(-c4cccc(OC)c4)c4ccc([nH]4)c4c5nc(c(-c6cccc(OC)c6)c6ccc2[nH]6)C=C5C(=O)c2ccc(OC)cc2-4)C=C3)c1. The van der Waals surface area contributed by atoms with Gasteiger partial charge in [-0.15, -0.1) is 0 Å². The molecule has 5 heterocycles. The number of carbonyl (C=O) groups is 1. The fourth-order valence-corrected chi connectivity index (χ4v) is 8.18. The number of aromatic amines is 2. The predicted molar refractivity (Wildman–Crippen MR) is 230 cm³/mol. The highest BCUT2D eigenvalue weighted by molar-refractivity contribution is 6.38. The van der Waals surface area contributed by atoms with Crippen molar-refractivity contribution in [2.24, 2.45) is 0 Å². The molecule has 3 aliphatic rings. The molecule has 0 saturated carbocycles. The maximum atomic E-state index is 14.5. The topological polar surface area (TPSA) is 111 Å². The van der Waals surface area contributed by atoms with Crippen molar-refractivity contribution in [1.82, 2.24) is 19.9 Å². The number of ether oxygens (including phenoxy) is 4. The maximum absolute atomic E-state index is 14.5. The monoisotopic (exact) mass is 760 g/mol. The van der Waals surface area contributed by atoms with Crippen molar-refractivity contribution in [3.63, 3.8) is 0 Å². The molecule has 10 rings (SSSR count). The van der Waals surface area contributed by atoms with Gasteiger partial charge in [-0.25, -0.2) is 9.97 Å². The minimum absolute atomic E-state index is 0.109. The van der Waals surface area contributed by atoms with Crippen LogP contribution in [-0.4, -0.2) is 54.2 Å². The van der Waals surface area contributed by atoms with Crippen LogP contribution in [0.1, 0.15) is 33.1 Å². The lowest BCUT2D eigenvalue weighted by atomic mass is 9.84. The van der Waals surface area contributed by atoms with Crippen LogP contribution in [0.25, 0.3) is 90.4 Å². The molecule has 3 aromatic heterocycles. The zero-order chi connectivity index (χ0) is 39.5. The minimum atomic E-state index is -0.109. The van der Waals surface area contributed by atoms with Crippen LogP contribution in [0.4, 0.5) is 0 Å². The molecule has 282 valence electrons. The van der Waals surface area contributed by atoms with Crippen molar-refractivity contribution in [2.75, 3.05) is 28.4 Å². The number of allylic oxidation sites excluding steroid dienone is 1. The van der Waals surface area contributed by atoms with Crippen LogP contribution in [0.3, 0.4) is 0 Å². The van der Waals surface area contributed by atoms with E-state index < -0.39 is 0 Å². The number of hydrogen-bond donors (Lipinski definition) is 2. The van der Waals surface area contributed by atoms with E-state index in [1.54, 1.807) is 28.4 Å². The van der Waals surface area contributed by atoms with Gasteiger partial charge >= 0.3 is 0 Å². The first-order chi connectivity index (χ1) is 28.4. The molecule has 0 amide bonds. The van der Waals surface area contributed by atoms with Gasteiger partial charge in [0.2, 0.25) is 0 Å². The summed E-state index contributed by atoms with van der Waals surface area (Å²) in [6.07, 6.45) is 6.02. The predicted octanol–water partition coefficient (Wildman–Crippen LogP) is 10.9. The highest BCUT2D eigenvalue weighted by atomic mass is 16.5. The molecule has 7 aromatic rings. The molecule has 2 aliphatic heterocycles. The van der Waals surface area contributed by atoms with Crippen molar-refractivity contribution >= 4 is 51.7 Å². The summed E-state index contributed by atoms with van der Waals surface area (Å²) in [5.74, 6) is 2.67. The number of aromatic nitrogens is 4. The third kappa shape index (κ3) is 5.66. The summed E-state index contributed by atoms with van der Waals surface area (Å²) in [6.45, 7) is 0. The van der Waals surface area contributed by atoms with Crippen molar-refractivity contribution in [3.8, 4) is 67.5 Å². The number of nitrogens with one attached hydrogen (secondary N) is 2. The summed E-state index contributed by atoms with van der Waals surface area (Å²) in [5, 5.41) is 0. The molecule has 0 saturated heterocycles. The van der Waals surface area contributed by atoms with Crippen LogP contribution in [0, 0.1) is 0 Å². The number of methoxy groups -OCH3 is 4. The van der Waals surface area contributed by atoms with Crippen LogP contribution in [0.15, 0.2) is 115 Å². The van der Waals surface area contributed by atoms with Crippen molar-refractivity contribution in [2.45, 2.75) is 0 Å². The van der Waals surface area contributed by atoms with E-state index in [0.29, 0.717) is 34.0 Å². The second kappa shape index (κ2) is 13.8. The summed E-state index contributed by atoms with van der Waals surface area (Å²) in [7, 11) is 6.61. The van der Waals surface area contributed by atoms with Crippen LogP contribution in [0.2, 0.25) is 0 Å². The molecule has 1 aliphatic carbocycles. The van der Waals surface area contributed by atoms with E-state index in [1.807, 2.05) is 91.0 Å². The lowest BCUT2D eigenvalue weighted by Crippen LogP contribution is -2.11. The molecule has 0 radical (unpaired) electrons. The molecular weight excluding hydrogens is 725 g/mol. The zero-order valence-corrected chi connectivity index (χ0v) is 32.1. The van der Waals surface area contributed by atoms with Gasteiger partial charge < -0.3 is 28.9 Å². The van der Waals surface area contributed by atoms with Gasteiger partial charge in [0, 0.05) is 55.4 Å². The Morgan fingerprint density at radius 3 is 1.38 bits per heavy atom. The molecule has 2 N–H and O–H groups in total. The Kier molecular flexibility index (Phi) is 8.30. The highest BCUT2D eigenvalue weighted by Gasteiger charge is 2.33. The molecule has 0 fully saturated rings. The molecule has 9 heteroatoms. The van der Waals surface area contributed by atoms with Gasteiger partial charge in [-0.3, -0.25) is 4.79 Å². The van der Waals surface area contributed by atoms with Gasteiger partial charge in [-0.2, -0.15) is 0 Å². The molecular formula is C49H36N4O5. The van der Waals surface area contributed by atoms with Gasteiger partial charge in [0.15, 0.2) is 5.78 Å². The standard InChI is InChI=1S/C49H36N4O5/c1-55-30-11-5-8-27(22-30)44-37-16-17-38(50-37)45(28-9-6-12-31(23-28)56-2)40-20-21-42(52-40)47-35-25-33(58-4)14-15-34(35)49(54)36-26-43(53-48(36)47)46(41-19-18-39(44)51-41)29-10-7-13-32(24-29)57-3/h5-26,51-52H,1-4H3. The maximum Gasteiger partial charge on any atom is 0.195 e.